The molecular weight excluding hydrogens is 250 g/mol. The largest absolute Gasteiger partial charge is 0.468 e. The summed E-state index contributed by atoms with van der Waals surface area (Å²) in [6.45, 7) is 6.20. The summed E-state index contributed by atoms with van der Waals surface area (Å²) in [7, 11) is 1.45. The predicted octanol–water partition coefficient (Wildman–Crippen LogP) is 3.03. The molecule has 1 aromatic rings. The topological polar surface area (TPSA) is 38.3 Å². The summed E-state index contributed by atoms with van der Waals surface area (Å²) in [5, 5.41) is 3.44. The highest BCUT2D eigenvalue weighted by molar-refractivity contribution is 5.76. The minimum absolute atomic E-state index is 0.154. The van der Waals surface area contributed by atoms with E-state index in [9.17, 15) is 4.79 Å². The second kappa shape index (κ2) is 6.40. The summed E-state index contributed by atoms with van der Waals surface area (Å²) in [4.78, 5) is 11.7. The molecule has 0 bridgehead atoms. The zero-order valence-electron chi connectivity index (χ0n) is 12.8. The summed E-state index contributed by atoms with van der Waals surface area (Å²) < 4.78 is 4.87. The van der Waals surface area contributed by atoms with Crippen LogP contribution in [0.3, 0.4) is 0 Å². The predicted molar refractivity (Wildman–Crippen MR) is 80.7 cm³/mol. The second-order valence-electron chi connectivity index (χ2n) is 6.19. The number of hydrogen-bond acceptors (Lipinski definition) is 3. The first kappa shape index (κ1) is 15.0. The number of methoxy groups -OCH3 is 1. The Kier molecular flexibility index (Phi) is 4.81. The number of hydrogen-bond donors (Lipinski definition) is 1. The highest BCUT2D eigenvalue weighted by atomic mass is 16.5. The fourth-order valence-electron chi connectivity index (χ4n) is 2.78. The molecule has 0 amide bonds. The van der Waals surface area contributed by atoms with Crippen LogP contribution in [0, 0.1) is 12.8 Å². The van der Waals surface area contributed by atoms with Crippen molar-refractivity contribution in [3.8, 4) is 0 Å². The van der Waals surface area contributed by atoms with Gasteiger partial charge < -0.3 is 10.1 Å². The van der Waals surface area contributed by atoms with Gasteiger partial charge in [-0.25, -0.2) is 0 Å². The molecule has 2 rings (SSSR count). The zero-order chi connectivity index (χ0) is 14.7. The van der Waals surface area contributed by atoms with Crippen LogP contribution in [-0.2, 0) is 9.53 Å². The third kappa shape index (κ3) is 3.40. The van der Waals surface area contributed by atoms with Crippen molar-refractivity contribution >= 4 is 5.97 Å². The standard InChI is InChI=1S/C17H25NO2/c1-11(2)16(17(19)20-4)18-15-9-14(10-15)13-7-5-12(3)6-8-13/h5-8,11,14-16,18H,9-10H2,1-4H3. The second-order valence-corrected chi connectivity index (χ2v) is 6.19. The van der Waals surface area contributed by atoms with Gasteiger partial charge in [0, 0.05) is 6.04 Å². The number of nitrogens with one attached hydrogen (secondary N) is 1. The normalized spacial score (nSPS) is 23.2. The Labute approximate surface area is 121 Å². The lowest BCUT2D eigenvalue weighted by atomic mass is 9.75. The van der Waals surface area contributed by atoms with Crippen molar-refractivity contribution in [3.63, 3.8) is 0 Å². The Morgan fingerprint density at radius 3 is 2.35 bits per heavy atom. The van der Waals surface area contributed by atoms with Gasteiger partial charge in [0.25, 0.3) is 0 Å². The lowest BCUT2D eigenvalue weighted by Crippen LogP contribution is -2.51. The molecule has 0 saturated heterocycles. The van der Waals surface area contributed by atoms with Gasteiger partial charge in [-0.1, -0.05) is 43.7 Å². The van der Waals surface area contributed by atoms with E-state index in [1.165, 1.54) is 18.2 Å². The number of aryl methyl sites for hydroxylation is 1. The van der Waals surface area contributed by atoms with E-state index in [0.29, 0.717) is 12.0 Å². The first-order chi connectivity index (χ1) is 9.51. The lowest BCUT2D eigenvalue weighted by Gasteiger charge is -2.39. The molecule has 0 spiro atoms. The third-order valence-electron chi connectivity index (χ3n) is 4.22. The van der Waals surface area contributed by atoms with Gasteiger partial charge in [-0.3, -0.25) is 4.79 Å². The first-order valence-corrected chi connectivity index (χ1v) is 7.41. The molecule has 0 aromatic heterocycles. The quantitative estimate of drug-likeness (QED) is 0.839. The van der Waals surface area contributed by atoms with Crippen LogP contribution in [0.25, 0.3) is 0 Å². The number of rotatable bonds is 5. The van der Waals surface area contributed by atoms with Crippen LogP contribution < -0.4 is 5.32 Å². The average Bonchev–Trinajstić information content (AvgIpc) is 2.38. The maximum absolute atomic E-state index is 11.7. The molecule has 3 nitrogen and oxygen atoms in total. The van der Waals surface area contributed by atoms with E-state index in [1.54, 1.807) is 0 Å². The Balaban J connectivity index is 1.86. The molecule has 110 valence electrons. The molecular formula is C17H25NO2. The Bertz CT molecular complexity index is 447. The molecule has 0 aliphatic heterocycles. The van der Waals surface area contributed by atoms with Crippen molar-refractivity contribution in [2.45, 2.75) is 51.6 Å². The fraction of sp³-hybridized carbons (Fsp3) is 0.588. The van der Waals surface area contributed by atoms with Crippen molar-refractivity contribution in [2.75, 3.05) is 7.11 Å². The van der Waals surface area contributed by atoms with Gasteiger partial charge >= 0.3 is 5.97 Å². The van der Waals surface area contributed by atoms with E-state index in [1.807, 2.05) is 13.8 Å². The molecule has 1 fully saturated rings. The SMILES string of the molecule is COC(=O)C(NC1CC(c2ccc(C)cc2)C1)C(C)C. The van der Waals surface area contributed by atoms with Gasteiger partial charge in [0.15, 0.2) is 0 Å². The minimum atomic E-state index is -0.191. The van der Waals surface area contributed by atoms with Crippen LogP contribution in [0.5, 0.6) is 0 Å². The van der Waals surface area contributed by atoms with Crippen molar-refractivity contribution in [3.05, 3.63) is 35.4 Å². The maximum Gasteiger partial charge on any atom is 0.323 e. The molecule has 0 radical (unpaired) electrons. The number of carbonyl (C=O) groups excluding carboxylic acids is 1. The zero-order valence-corrected chi connectivity index (χ0v) is 12.8. The van der Waals surface area contributed by atoms with Gasteiger partial charge in [0.2, 0.25) is 0 Å². The monoisotopic (exact) mass is 275 g/mol. The molecule has 1 aromatic carbocycles. The van der Waals surface area contributed by atoms with E-state index < -0.39 is 0 Å². The van der Waals surface area contributed by atoms with Gasteiger partial charge in [-0.15, -0.1) is 0 Å². The number of carbonyl (C=O) groups is 1. The lowest BCUT2D eigenvalue weighted by molar-refractivity contribution is -0.144. The van der Waals surface area contributed by atoms with Gasteiger partial charge in [0.05, 0.1) is 7.11 Å². The summed E-state index contributed by atoms with van der Waals surface area (Å²) in [6, 6.07) is 9.01. The third-order valence-corrected chi connectivity index (χ3v) is 4.22. The highest BCUT2D eigenvalue weighted by Gasteiger charge is 2.34. The van der Waals surface area contributed by atoms with Crippen molar-refractivity contribution in [1.82, 2.24) is 5.32 Å². The Hall–Kier alpha value is -1.35. The van der Waals surface area contributed by atoms with Crippen LogP contribution in [0.2, 0.25) is 0 Å². The van der Waals surface area contributed by atoms with Gasteiger partial charge in [0.1, 0.15) is 6.04 Å². The van der Waals surface area contributed by atoms with Crippen LogP contribution in [-0.4, -0.2) is 25.2 Å². The van der Waals surface area contributed by atoms with Crippen LogP contribution >= 0.6 is 0 Å². The van der Waals surface area contributed by atoms with Gasteiger partial charge in [-0.2, -0.15) is 0 Å². The molecule has 1 saturated carbocycles. The molecule has 1 atom stereocenters. The van der Waals surface area contributed by atoms with E-state index >= 15 is 0 Å². The molecule has 1 N–H and O–H groups in total. The first-order valence-electron chi connectivity index (χ1n) is 7.41. The minimum Gasteiger partial charge on any atom is -0.468 e. The smallest absolute Gasteiger partial charge is 0.323 e. The Morgan fingerprint density at radius 1 is 1.25 bits per heavy atom. The summed E-state index contributed by atoms with van der Waals surface area (Å²) in [6.07, 6.45) is 2.20. The molecule has 1 aliphatic rings. The number of benzene rings is 1. The number of ether oxygens (including phenoxy) is 1. The molecule has 3 heteroatoms. The van der Waals surface area contributed by atoms with Gasteiger partial charge in [-0.05, 0) is 37.2 Å². The van der Waals surface area contributed by atoms with Crippen LogP contribution in [0.4, 0.5) is 0 Å². The number of esters is 1. The Morgan fingerprint density at radius 2 is 1.85 bits per heavy atom. The molecule has 1 unspecified atom stereocenters. The van der Waals surface area contributed by atoms with E-state index in [2.05, 4.69) is 36.5 Å². The van der Waals surface area contributed by atoms with Crippen molar-refractivity contribution < 1.29 is 9.53 Å². The highest BCUT2D eigenvalue weighted by Crippen LogP contribution is 2.37. The van der Waals surface area contributed by atoms with Crippen LogP contribution in [0.15, 0.2) is 24.3 Å². The molecule has 0 heterocycles. The maximum atomic E-state index is 11.7. The van der Waals surface area contributed by atoms with Crippen LogP contribution in [0.1, 0.15) is 43.7 Å². The molecule has 1 aliphatic carbocycles. The van der Waals surface area contributed by atoms with Crippen molar-refractivity contribution in [1.29, 1.82) is 0 Å². The molecule has 20 heavy (non-hydrogen) atoms. The van der Waals surface area contributed by atoms with E-state index in [-0.39, 0.29) is 17.9 Å². The summed E-state index contributed by atoms with van der Waals surface area (Å²) in [5.74, 6) is 0.721. The fourth-order valence-corrected chi connectivity index (χ4v) is 2.78. The average molecular weight is 275 g/mol. The summed E-state index contributed by atoms with van der Waals surface area (Å²) in [5.41, 5.74) is 2.71. The van der Waals surface area contributed by atoms with E-state index in [4.69, 9.17) is 4.74 Å². The van der Waals surface area contributed by atoms with E-state index in [0.717, 1.165) is 12.8 Å². The van der Waals surface area contributed by atoms with Crippen molar-refractivity contribution in [2.24, 2.45) is 5.92 Å². The summed E-state index contributed by atoms with van der Waals surface area (Å²) >= 11 is 0.